The van der Waals surface area contributed by atoms with Crippen molar-refractivity contribution in [1.82, 2.24) is 4.98 Å². The van der Waals surface area contributed by atoms with Crippen LogP contribution in [0.2, 0.25) is 10.2 Å². The Bertz CT molecular complexity index is 604. The van der Waals surface area contributed by atoms with Crippen molar-refractivity contribution in [3.8, 4) is 0 Å². The Balaban J connectivity index is 2.21. The lowest BCUT2D eigenvalue weighted by Crippen LogP contribution is -2.12. The molecule has 0 aliphatic rings. The second-order valence-corrected chi connectivity index (χ2v) is 5.12. The smallest absolute Gasteiger partial charge is 0.255 e. The first-order valence-electron chi connectivity index (χ1n) is 4.94. The zero-order chi connectivity index (χ0) is 13.1. The minimum atomic E-state index is -0.262. The predicted molar refractivity (Wildman–Crippen MR) is 76.4 cm³/mol. The zero-order valence-electron chi connectivity index (χ0n) is 8.95. The summed E-state index contributed by atoms with van der Waals surface area (Å²) in [6, 6.07) is 8.21. The third-order valence-corrected chi connectivity index (χ3v) is 3.27. The molecule has 3 nitrogen and oxygen atoms in total. The second kappa shape index (κ2) is 5.69. The van der Waals surface area contributed by atoms with Gasteiger partial charge in [0.05, 0.1) is 5.69 Å². The fraction of sp³-hybridized carbons (Fsp3) is 0. The number of rotatable bonds is 2. The molecule has 0 unspecified atom stereocenters. The molecule has 0 atom stereocenters. The minimum Gasteiger partial charge on any atom is -0.321 e. The number of amides is 1. The number of benzene rings is 1. The number of hydrogen-bond donors (Lipinski definition) is 1. The molecule has 1 aromatic heterocycles. The molecular formula is C12H7BrCl2N2O. The SMILES string of the molecule is O=C(Nc1ccc(Cl)cc1Br)c1ccnc(Cl)c1. The second-order valence-electron chi connectivity index (χ2n) is 3.45. The fourth-order valence-corrected chi connectivity index (χ4v) is 2.28. The third-order valence-electron chi connectivity index (χ3n) is 2.17. The van der Waals surface area contributed by atoms with Crippen LogP contribution in [0.3, 0.4) is 0 Å². The van der Waals surface area contributed by atoms with Crippen LogP contribution in [-0.4, -0.2) is 10.9 Å². The quantitative estimate of drug-likeness (QED) is 0.819. The van der Waals surface area contributed by atoms with E-state index in [1.54, 1.807) is 24.3 Å². The molecule has 0 fully saturated rings. The maximum absolute atomic E-state index is 12.0. The van der Waals surface area contributed by atoms with Gasteiger partial charge in [0.1, 0.15) is 5.15 Å². The molecule has 0 saturated carbocycles. The van der Waals surface area contributed by atoms with Gasteiger partial charge < -0.3 is 5.32 Å². The highest BCUT2D eigenvalue weighted by Crippen LogP contribution is 2.26. The fourth-order valence-electron chi connectivity index (χ4n) is 1.33. The van der Waals surface area contributed by atoms with E-state index in [4.69, 9.17) is 23.2 Å². The van der Waals surface area contributed by atoms with E-state index in [0.29, 0.717) is 20.7 Å². The average Bonchev–Trinajstić information content (AvgIpc) is 2.32. The van der Waals surface area contributed by atoms with Crippen molar-refractivity contribution >= 4 is 50.7 Å². The summed E-state index contributed by atoms with van der Waals surface area (Å²) in [5.74, 6) is -0.262. The molecule has 92 valence electrons. The van der Waals surface area contributed by atoms with Gasteiger partial charge in [-0.2, -0.15) is 0 Å². The van der Waals surface area contributed by atoms with Crippen LogP contribution >= 0.6 is 39.1 Å². The van der Waals surface area contributed by atoms with E-state index in [9.17, 15) is 4.79 Å². The first kappa shape index (κ1) is 13.3. The lowest BCUT2D eigenvalue weighted by molar-refractivity contribution is 0.102. The molecule has 2 rings (SSSR count). The maximum atomic E-state index is 12.0. The van der Waals surface area contributed by atoms with Gasteiger partial charge in [-0.3, -0.25) is 4.79 Å². The summed E-state index contributed by atoms with van der Waals surface area (Å²) in [5, 5.41) is 3.62. The Morgan fingerprint density at radius 2 is 2.00 bits per heavy atom. The van der Waals surface area contributed by atoms with E-state index in [0.717, 1.165) is 0 Å². The van der Waals surface area contributed by atoms with Crippen molar-refractivity contribution in [3.63, 3.8) is 0 Å². The molecule has 0 spiro atoms. The summed E-state index contributed by atoms with van der Waals surface area (Å²) in [6.07, 6.45) is 1.48. The molecular weight excluding hydrogens is 339 g/mol. The van der Waals surface area contributed by atoms with Crippen molar-refractivity contribution in [3.05, 3.63) is 56.7 Å². The maximum Gasteiger partial charge on any atom is 0.255 e. The molecule has 0 aliphatic heterocycles. The summed E-state index contributed by atoms with van der Waals surface area (Å²) in [6.45, 7) is 0. The highest BCUT2D eigenvalue weighted by Gasteiger charge is 2.09. The van der Waals surface area contributed by atoms with Gasteiger partial charge in [-0.05, 0) is 46.3 Å². The van der Waals surface area contributed by atoms with Crippen LogP contribution in [0, 0.1) is 0 Å². The molecule has 1 amide bonds. The number of nitrogens with one attached hydrogen (secondary N) is 1. The van der Waals surface area contributed by atoms with Gasteiger partial charge in [0.25, 0.3) is 5.91 Å². The Morgan fingerprint density at radius 3 is 2.67 bits per heavy atom. The molecule has 0 saturated heterocycles. The predicted octanol–water partition coefficient (Wildman–Crippen LogP) is 4.40. The molecule has 0 aliphatic carbocycles. The van der Waals surface area contributed by atoms with Crippen LogP contribution in [-0.2, 0) is 0 Å². The third kappa shape index (κ3) is 3.22. The van der Waals surface area contributed by atoms with E-state index in [2.05, 4.69) is 26.2 Å². The molecule has 1 aromatic carbocycles. The van der Waals surface area contributed by atoms with E-state index in [1.165, 1.54) is 12.3 Å². The molecule has 1 heterocycles. The summed E-state index contributed by atoms with van der Waals surface area (Å²) in [5.41, 5.74) is 1.08. The Morgan fingerprint density at radius 1 is 1.22 bits per heavy atom. The number of aromatic nitrogens is 1. The molecule has 18 heavy (non-hydrogen) atoms. The van der Waals surface area contributed by atoms with Gasteiger partial charge in [0.2, 0.25) is 0 Å². The largest absolute Gasteiger partial charge is 0.321 e. The van der Waals surface area contributed by atoms with E-state index in [-0.39, 0.29) is 11.1 Å². The number of anilines is 1. The van der Waals surface area contributed by atoms with Gasteiger partial charge in [-0.1, -0.05) is 23.2 Å². The molecule has 2 aromatic rings. The Labute approximate surface area is 122 Å². The van der Waals surface area contributed by atoms with Gasteiger partial charge in [0.15, 0.2) is 0 Å². The lowest BCUT2D eigenvalue weighted by Gasteiger charge is -2.07. The number of hydrogen-bond acceptors (Lipinski definition) is 2. The Hall–Kier alpha value is -1.10. The van der Waals surface area contributed by atoms with Crippen LogP contribution in [0.4, 0.5) is 5.69 Å². The highest BCUT2D eigenvalue weighted by atomic mass is 79.9. The van der Waals surface area contributed by atoms with Crippen molar-refractivity contribution in [2.75, 3.05) is 5.32 Å². The van der Waals surface area contributed by atoms with Crippen molar-refractivity contribution < 1.29 is 4.79 Å². The first-order chi connectivity index (χ1) is 8.56. The zero-order valence-corrected chi connectivity index (χ0v) is 12.1. The first-order valence-corrected chi connectivity index (χ1v) is 6.49. The topological polar surface area (TPSA) is 42.0 Å². The standard InChI is InChI=1S/C12H7BrCl2N2O/c13-9-6-8(14)1-2-10(9)17-12(18)7-3-4-16-11(15)5-7/h1-6H,(H,17,18). The van der Waals surface area contributed by atoms with Crippen LogP contribution in [0.5, 0.6) is 0 Å². The van der Waals surface area contributed by atoms with Gasteiger partial charge in [-0.15, -0.1) is 0 Å². The van der Waals surface area contributed by atoms with E-state index in [1.807, 2.05) is 0 Å². The van der Waals surface area contributed by atoms with Crippen molar-refractivity contribution in [2.45, 2.75) is 0 Å². The summed E-state index contributed by atoms with van der Waals surface area (Å²) in [4.78, 5) is 15.8. The number of nitrogens with zero attached hydrogens (tertiary/aromatic N) is 1. The normalized spacial score (nSPS) is 10.2. The van der Waals surface area contributed by atoms with Crippen molar-refractivity contribution in [2.24, 2.45) is 0 Å². The number of pyridine rings is 1. The highest BCUT2D eigenvalue weighted by molar-refractivity contribution is 9.10. The van der Waals surface area contributed by atoms with Crippen molar-refractivity contribution in [1.29, 1.82) is 0 Å². The van der Waals surface area contributed by atoms with Gasteiger partial charge in [-0.25, -0.2) is 4.98 Å². The number of halogens is 3. The summed E-state index contributed by atoms with van der Waals surface area (Å²) >= 11 is 14.9. The lowest BCUT2D eigenvalue weighted by atomic mass is 10.2. The van der Waals surface area contributed by atoms with Gasteiger partial charge in [0, 0.05) is 21.3 Å². The van der Waals surface area contributed by atoms with E-state index < -0.39 is 0 Å². The monoisotopic (exact) mass is 344 g/mol. The molecule has 6 heteroatoms. The number of carbonyl (C=O) groups excluding carboxylic acids is 1. The molecule has 0 radical (unpaired) electrons. The average molecular weight is 346 g/mol. The molecule has 1 N–H and O–H groups in total. The summed E-state index contributed by atoms with van der Waals surface area (Å²) < 4.78 is 0.712. The van der Waals surface area contributed by atoms with Crippen LogP contribution in [0.1, 0.15) is 10.4 Å². The van der Waals surface area contributed by atoms with Crippen LogP contribution in [0.25, 0.3) is 0 Å². The van der Waals surface area contributed by atoms with Gasteiger partial charge >= 0.3 is 0 Å². The van der Waals surface area contributed by atoms with Crippen LogP contribution in [0.15, 0.2) is 41.0 Å². The summed E-state index contributed by atoms with van der Waals surface area (Å²) in [7, 11) is 0. The Kier molecular flexibility index (Phi) is 4.22. The molecule has 0 bridgehead atoms. The number of carbonyl (C=O) groups is 1. The van der Waals surface area contributed by atoms with Crippen LogP contribution < -0.4 is 5.32 Å². The van der Waals surface area contributed by atoms with E-state index >= 15 is 0 Å². The minimum absolute atomic E-state index is 0.262.